The summed E-state index contributed by atoms with van der Waals surface area (Å²) in [5, 5.41) is 2.25. The Morgan fingerprint density at radius 1 is 1.36 bits per heavy atom. The van der Waals surface area contributed by atoms with Gasteiger partial charge in [0, 0.05) is 10.6 Å². The van der Waals surface area contributed by atoms with Gasteiger partial charge in [0.25, 0.3) is 5.60 Å². The van der Waals surface area contributed by atoms with Gasteiger partial charge in [0.15, 0.2) is 0 Å². The standard InChI is InChI=1S/C14H12ClF3N2O2/c1-12(2,19)5-6-13(14(16,17)18)9-7-8(15)3-4-10(9)20-11(21)22-13/h3-4,7H,19H2,1-2H3,(H,20,21). The second-order valence-corrected chi connectivity index (χ2v) is 5.79. The van der Waals surface area contributed by atoms with Crippen molar-refractivity contribution in [3.8, 4) is 11.8 Å². The van der Waals surface area contributed by atoms with Crippen LogP contribution in [0.25, 0.3) is 0 Å². The summed E-state index contributed by atoms with van der Waals surface area (Å²) in [5.74, 6) is 4.27. The van der Waals surface area contributed by atoms with Crippen LogP contribution in [0.2, 0.25) is 5.02 Å². The van der Waals surface area contributed by atoms with E-state index in [2.05, 4.69) is 16.0 Å². The Morgan fingerprint density at radius 3 is 2.55 bits per heavy atom. The molecule has 0 bridgehead atoms. The van der Waals surface area contributed by atoms with Crippen LogP contribution in [-0.2, 0) is 10.3 Å². The molecule has 1 aromatic carbocycles. The van der Waals surface area contributed by atoms with E-state index in [9.17, 15) is 18.0 Å². The molecule has 1 atom stereocenters. The SMILES string of the molecule is CC(C)(N)C#CC1(C(F)(F)F)OC(=O)Nc2ccc(Cl)cc21. The topological polar surface area (TPSA) is 64.3 Å². The fourth-order valence-electron chi connectivity index (χ4n) is 1.87. The van der Waals surface area contributed by atoms with Gasteiger partial charge in [-0.25, -0.2) is 4.79 Å². The molecular formula is C14H12ClF3N2O2. The number of alkyl halides is 3. The van der Waals surface area contributed by atoms with Crippen LogP contribution in [0.1, 0.15) is 19.4 Å². The van der Waals surface area contributed by atoms with Gasteiger partial charge in [0.1, 0.15) is 0 Å². The first-order valence-electron chi connectivity index (χ1n) is 6.15. The summed E-state index contributed by atoms with van der Waals surface area (Å²) in [6.45, 7) is 2.87. The number of amides is 1. The highest BCUT2D eigenvalue weighted by atomic mass is 35.5. The zero-order chi connectivity index (χ0) is 16.8. The van der Waals surface area contributed by atoms with Crippen LogP contribution in [0.3, 0.4) is 0 Å². The Balaban J connectivity index is 2.76. The molecule has 0 saturated heterocycles. The number of benzene rings is 1. The molecule has 0 spiro atoms. The average Bonchev–Trinajstić information content (AvgIpc) is 2.34. The zero-order valence-electron chi connectivity index (χ0n) is 11.6. The summed E-state index contributed by atoms with van der Waals surface area (Å²) in [5.41, 5.74) is 0.844. The van der Waals surface area contributed by atoms with Crippen molar-refractivity contribution in [2.45, 2.75) is 31.2 Å². The maximum atomic E-state index is 13.7. The lowest BCUT2D eigenvalue weighted by molar-refractivity contribution is -0.239. The second kappa shape index (κ2) is 5.07. The number of rotatable bonds is 0. The predicted octanol–water partition coefficient (Wildman–Crippen LogP) is 3.40. The summed E-state index contributed by atoms with van der Waals surface area (Å²) >= 11 is 5.77. The van der Waals surface area contributed by atoms with Crippen molar-refractivity contribution in [3.63, 3.8) is 0 Å². The molecule has 4 nitrogen and oxygen atoms in total. The number of carbonyl (C=O) groups excluding carboxylic acids is 1. The maximum absolute atomic E-state index is 13.7. The summed E-state index contributed by atoms with van der Waals surface area (Å²) in [6, 6.07) is 3.67. The Bertz CT molecular complexity index is 686. The first kappa shape index (κ1) is 16.5. The normalized spacial score (nSPS) is 21.1. The lowest BCUT2D eigenvalue weighted by Gasteiger charge is -2.36. The van der Waals surface area contributed by atoms with E-state index in [1.54, 1.807) is 0 Å². The smallest absolute Gasteiger partial charge is 0.415 e. The average molecular weight is 333 g/mol. The number of ether oxygens (including phenoxy) is 1. The van der Waals surface area contributed by atoms with E-state index in [0.29, 0.717) is 0 Å². The molecule has 1 heterocycles. The number of nitrogens with one attached hydrogen (secondary N) is 1. The molecule has 0 aromatic heterocycles. The van der Waals surface area contributed by atoms with E-state index >= 15 is 0 Å². The van der Waals surface area contributed by atoms with Gasteiger partial charge in [0.2, 0.25) is 0 Å². The number of cyclic esters (lactones) is 1. The molecule has 22 heavy (non-hydrogen) atoms. The van der Waals surface area contributed by atoms with Gasteiger partial charge in [0.05, 0.1) is 11.2 Å². The first-order valence-corrected chi connectivity index (χ1v) is 6.52. The molecular weight excluding hydrogens is 321 g/mol. The van der Waals surface area contributed by atoms with Crippen molar-refractivity contribution in [2.24, 2.45) is 5.73 Å². The van der Waals surface area contributed by atoms with Gasteiger partial charge in [-0.1, -0.05) is 17.5 Å². The van der Waals surface area contributed by atoms with E-state index in [-0.39, 0.29) is 16.3 Å². The van der Waals surface area contributed by atoms with E-state index < -0.39 is 23.4 Å². The van der Waals surface area contributed by atoms with Gasteiger partial charge in [-0.2, -0.15) is 13.2 Å². The Hall–Kier alpha value is -1.91. The van der Waals surface area contributed by atoms with Crippen molar-refractivity contribution < 1.29 is 22.7 Å². The van der Waals surface area contributed by atoms with E-state index in [1.807, 2.05) is 5.92 Å². The molecule has 1 amide bonds. The second-order valence-electron chi connectivity index (χ2n) is 5.36. The summed E-state index contributed by atoms with van der Waals surface area (Å²) < 4.78 is 45.5. The Labute approximate surface area is 129 Å². The summed E-state index contributed by atoms with van der Waals surface area (Å²) in [7, 11) is 0. The van der Waals surface area contributed by atoms with Crippen LogP contribution in [0, 0.1) is 11.8 Å². The molecule has 1 aliphatic rings. The number of hydrogen-bond acceptors (Lipinski definition) is 3. The Kier molecular flexibility index (Phi) is 3.80. The van der Waals surface area contributed by atoms with Crippen LogP contribution in [-0.4, -0.2) is 17.8 Å². The van der Waals surface area contributed by atoms with Crippen LogP contribution in [0.5, 0.6) is 0 Å². The molecule has 8 heteroatoms. The lowest BCUT2D eigenvalue weighted by Crippen LogP contribution is -2.49. The van der Waals surface area contributed by atoms with E-state index in [0.717, 1.165) is 6.07 Å². The Morgan fingerprint density at radius 2 is 2.00 bits per heavy atom. The van der Waals surface area contributed by atoms with Gasteiger partial charge >= 0.3 is 12.3 Å². The maximum Gasteiger partial charge on any atom is 0.445 e. The highest BCUT2D eigenvalue weighted by molar-refractivity contribution is 6.30. The van der Waals surface area contributed by atoms with Crippen LogP contribution < -0.4 is 11.1 Å². The van der Waals surface area contributed by atoms with Crippen molar-refractivity contribution >= 4 is 23.4 Å². The lowest BCUT2D eigenvalue weighted by atomic mass is 9.89. The summed E-state index contributed by atoms with van der Waals surface area (Å²) in [4.78, 5) is 11.5. The van der Waals surface area contributed by atoms with Gasteiger partial charge in [-0.05, 0) is 38.0 Å². The highest BCUT2D eigenvalue weighted by Crippen LogP contribution is 2.47. The van der Waals surface area contributed by atoms with Crippen LogP contribution in [0.4, 0.5) is 23.7 Å². The number of fused-ring (bicyclic) bond motifs is 1. The van der Waals surface area contributed by atoms with Crippen molar-refractivity contribution in [1.29, 1.82) is 0 Å². The van der Waals surface area contributed by atoms with Gasteiger partial charge in [-0.15, -0.1) is 0 Å². The number of nitrogens with two attached hydrogens (primary N) is 1. The molecule has 2 rings (SSSR count). The molecule has 118 valence electrons. The van der Waals surface area contributed by atoms with E-state index in [1.165, 1.54) is 26.0 Å². The first-order chi connectivity index (χ1) is 9.95. The number of halogens is 4. The molecule has 0 fully saturated rings. The minimum absolute atomic E-state index is 0.0564. The molecule has 0 radical (unpaired) electrons. The molecule has 1 aliphatic heterocycles. The quantitative estimate of drug-likeness (QED) is 0.716. The number of carbonyl (C=O) groups is 1. The fourth-order valence-corrected chi connectivity index (χ4v) is 2.04. The molecule has 0 aliphatic carbocycles. The molecule has 1 aromatic rings. The highest BCUT2D eigenvalue weighted by Gasteiger charge is 2.62. The van der Waals surface area contributed by atoms with Crippen molar-refractivity contribution in [2.75, 3.05) is 5.32 Å². The summed E-state index contributed by atoms with van der Waals surface area (Å²) in [6.07, 6.45) is -6.22. The van der Waals surface area contributed by atoms with Crippen LogP contribution in [0.15, 0.2) is 18.2 Å². The third-order valence-corrected chi connectivity index (χ3v) is 3.04. The van der Waals surface area contributed by atoms with Crippen LogP contribution >= 0.6 is 11.6 Å². The van der Waals surface area contributed by atoms with Crippen molar-refractivity contribution in [3.05, 3.63) is 28.8 Å². The molecule has 0 saturated carbocycles. The molecule has 1 unspecified atom stereocenters. The molecule has 3 N–H and O–H groups in total. The third kappa shape index (κ3) is 2.98. The monoisotopic (exact) mass is 332 g/mol. The fraction of sp³-hybridized carbons (Fsp3) is 0.357. The number of anilines is 1. The van der Waals surface area contributed by atoms with Gasteiger partial charge in [-0.3, -0.25) is 5.32 Å². The number of hydrogen-bond donors (Lipinski definition) is 2. The predicted molar refractivity (Wildman–Crippen MR) is 75.3 cm³/mol. The third-order valence-electron chi connectivity index (χ3n) is 2.80. The minimum atomic E-state index is -4.97. The largest absolute Gasteiger partial charge is 0.445 e. The van der Waals surface area contributed by atoms with E-state index in [4.69, 9.17) is 17.3 Å². The minimum Gasteiger partial charge on any atom is -0.415 e. The zero-order valence-corrected chi connectivity index (χ0v) is 12.4. The van der Waals surface area contributed by atoms with Gasteiger partial charge < -0.3 is 10.5 Å². The van der Waals surface area contributed by atoms with Crippen molar-refractivity contribution in [1.82, 2.24) is 0 Å².